The second-order valence-corrected chi connectivity index (χ2v) is 4.24. The quantitative estimate of drug-likeness (QED) is 0.456. The molecule has 0 aromatic rings. The summed E-state index contributed by atoms with van der Waals surface area (Å²) in [7, 11) is 4.71. The summed E-state index contributed by atoms with van der Waals surface area (Å²) in [6, 6.07) is 0. The van der Waals surface area contributed by atoms with Gasteiger partial charge in [-0.15, -0.1) is 0 Å². The molecule has 1 heterocycles. The van der Waals surface area contributed by atoms with Crippen LogP contribution in [0.25, 0.3) is 0 Å². The van der Waals surface area contributed by atoms with Crippen molar-refractivity contribution in [1.82, 2.24) is 0 Å². The van der Waals surface area contributed by atoms with E-state index in [1.54, 1.807) is 21.3 Å². The Morgan fingerprint density at radius 2 is 1.76 bits per heavy atom. The molecule has 17 heavy (non-hydrogen) atoms. The summed E-state index contributed by atoms with van der Waals surface area (Å²) < 4.78 is 27.0. The van der Waals surface area contributed by atoms with Crippen molar-refractivity contribution in [3.8, 4) is 0 Å². The van der Waals surface area contributed by atoms with Crippen LogP contribution in [0.1, 0.15) is 20.3 Å². The van der Waals surface area contributed by atoms with Gasteiger partial charge in [0.25, 0.3) is 5.97 Å². The molecule has 0 N–H and O–H groups in total. The fraction of sp³-hybridized carbons (Fsp3) is 1.00. The van der Waals surface area contributed by atoms with Gasteiger partial charge in [0, 0.05) is 21.3 Å². The molecule has 0 aromatic carbocycles. The van der Waals surface area contributed by atoms with Gasteiger partial charge in [0.1, 0.15) is 6.10 Å². The molecule has 0 spiro atoms. The zero-order chi connectivity index (χ0) is 12.9. The number of hydrogen-bond acceptors (Lipinski definition) is 5. The molecule has 3 atom stereocenters. The van der Waals surface area contributed by atoms with Gasteiger partial charge in [-0.25, -0.2) is 0 Å². The SMILES string of the molecule is CCC(OCC1CO1)C(C)C(OC)(OC)OC. The summed E-state index contributed by atoms with van der Waals surface area (Å²) in [5.74, 6) is -1.09. The molecule has 1 aliphatic rings. The van der Waals surface area contributed by atoms with E-state index in [4.69, 9.17) is 23.7 Å². The smallest absolute Gasteiger partial charge is 0.287 e. The van der Waals surface area contributed by atoms with Gasteiger partial charge < -0.3 is 23.7 Å². The Balaban J connectivity index is 2.56. The second kappa shape index (κ2) is 6.66. The number of hydrogen-bond donors (Lipinski definition) is 0. The summed E-state index contributed by atoms with van der Waals surface area (Å²) in [5.41, 5.74) is 0. The van der Waals surface area contributed by atoms with Crippen molar-refractivity contribution in [3.63, 3.8) is 0 Å². The first-order valence-electron chi connectivity index (χ1n) is 6.02. The van der Waals surface area contributed by atoms with E-state index in [1.165, 1.54) is 0 Å². The van der Waals surface area contributed by atoms with Gasteiger partial charge in [0.05, 0.1) is 25.2 Å². The third kappa shape index (κ3) is 3.63. The van der Waals surface area contributed by atoms with Crippen molar-refractivity contribution in [2.45, 2.75) is 38.4 Å². The van der Waals surface area contributed by atoms with Gasteiger partial charge in [-0.1, -0.05) is 13.8 Å². The Bertz CT molecular complexity index is 205. The van der Waals surface area contributed by atoms with E-state index in [0.717, 1.165) is 13.0 Å². The highest BCUT2D eigenvalue weighted by atomic mass is 16.9. The molecule has 0 aromatic heterocycles. The maximum Gasteiger partial charge on any atom is 0.287 e. The van der Waals surface area contributed by atoms with Gasteiger partial charge in [-0.3, -0.25) is 0 Å². The monoisotopic (exact) mass is 248 g/mol. The second-order valence-electron chi connectivity index (χ2n) is 4.24. The van der Waals surface area contributed by atoms with Crippen LogP contribution in [0, 0.1) is 5.92 Å². The molecule has 0 amide bonds. The number of rotatable bonds is 9. The maximum absolute atomic E-state index is 5.82. The van der Waals surface area contributed by atoms with Crippen LogP contribution < -0.4 is 0 Å². The molecule has 0 bridgehead atoms. The van der Waals surface area contributed by atoms with Gasteiger partial charge in [0.2, 0.25) is 0 Å². The molecule has 1 rings (SSSR count). The van der Waals surface area contributed by atoms with E-state index in [9.17, 15) is 0 Å². The van der Waals surface area contributed by atoms with Crippen LogP contribution in [0.4, 0.5) is 0 Å². The Morgan fingerprint density at radius 1 is 1.24 bits per heavy atom. The Kier molecular flexibility index (Phi) is 5.82. The molecule has 5 heteroatoms. The summed E-state index contributed by atoms with van der Waals surface area (Å²) in [5, 5.41) is 0. The molecule has 1 fully saturated rings. The zero-order valence-corrected chi connectivity index (χ0v) is 11.4. The van der Waals surface area contributed by atoms with Crippen molar-refractivity contribution in [2.24, 2.45) is 5.92 Å². The van der Waals surface area contributed by atoms with Crippen molar-refractivity contribution in [1.29, 1.82) is 0 Å². The molecule has 0 aliphatic carbocycles. The largest absolute Gasteiger partial charge is 0.375 e. The number of methoxy groups -OCH3 is 3. The minimum absolute atomic E-state index is 0.0130. The summed E-state index contributed by atoms with van der Waals surface area (Å²) in [4.78, 5) is 0. The van der Waals surface area contributed by atoms with Crippen LogP contribution >= 0.6 is 0 Å². The molecule has 3 unspecified atom stereocenters. The van der Waals surface area contributed by atoms with Crippen LogP contribution in [0.5, 0.6) is 0 Å². The summed E-state index contributed by atoms with van der Waals surface area (Å²) in [6.07, 6.45) is 1.14. The molecule has 1 saturated heterocycles. The lowest BCUT2D eigenvalue weighted by molar-refractivity contribution is -0.386. The highest BCUT2D eigenvalue weighted by Gasteiger charge is 2.42. The molecule has 102 valence electrons. The standard InChI is InChI=1S/C12H24O5/c1-6-11(17-8-10-7-16-10)9(2)12(13-3,14-4)15-5/h9-11H,6-8H2,1-5H3. The van der Waals surface area contributed by atoms with Gasteiger partial charge >= 0.3 is 0 Å². The van der Waals surface area contributed by atoms with Crippen LogP contribution in [0.2, 0.25) is 0 Å². The highest BCUT2D eigenvalue weighted by Crippen LogP contribution is 2.29. The molecule has 0 radical (unpaired) electrons. The average Bonchev–Trinajstić information content (AvgIpc) is 3.17. The maximum atomic E-state index is 5.82. The summed E-state index contributed by atoms with van der Waals surface area (Å²) >= 11 is 0. The number of ether oxygens (including phenoxy) is 5. The third-order valence-electron chi connectivity index (χ3n) is 3.27. The van der Waals surface area contributed by atoms with Crippen LogP contribution in [-0.4, -0.2) is 52.7 Å². The van der Waals surface area contributed by atoms with E-state index in [1.807, 2.05) is 6.92 Å². The van der Waals surface area contributed by atoms with Crippen molar-refractivity contribution in [3.05, 3.63) is 0 Å². The fourth-order valence-corrected chi connectivity index (χ4v) is 2.05. The van der Waals surface area contributed by atoms with Crippen LogP contribution in [0.15, 0.2) is 0 Å². The predicted octanol–water partition coefficient (Wildman–Crippen LogP) is 1.41. The van der Waals surface area contributed by atoms with Crippen LogP contribution in [0.3, 0.4) is 0 Å². The molecular weight excluding hydrogens is 224 g/mol. The Hall–Kier alpha value is -0.200. The fourth-order valence-electron chi connectivity index (χ4n) is 2.05. The molecular formula is C12H24O5. The first kappa shape index (κ1) is 14.9. The van der Waals surface area contributed by atoms with Crippen molar-refractivity contribution >= 4 is 0 Å². The van der Waals surface area contributed by atoms with E-state index in [0.29, 0.717) is 6.61 Å². The van der Waals surface area contributed by atoms with Crippen LogP contribution in [-0.2, 0) is 23.7 Å². The normalized spacial score (nSPS) is 23.5. The predicted molar refractivity (Wildman–Crippen MR) is 62.7 cm³/mol. The Labute approximate surface area is 103 Å². The average molecular weight is 248 g/mol. The first-order valence-corrected chi connectivity index (χ1v) is 6.02. The van der Waals surface area contributed by atoms with Crippen molar-refractivity contribution in [2.75, 3.05) is 34.5 Å². The third-order valence-corrected chi connectivity index (χ3v) is 3.27. The lowest BCUT2D eigenvalue weighted by Gasteiger charge is -2.38. The van der Waals surface area contributed by atoms with Gasteiger partial charge in [-0.05, 0) is 6.42 Å². The highest BCUT2D eigenvalue weighted by molar-refractivity contribution is 4.76. The minimum atomic E-state index is -1.05. The van der Waals surface area contributed by atoms with Gasteiger partial charge in [0.15, 0.2) is 0 Å². The minimum Gasteiger partial charge on any atom is -0.375 e. The first-order chi connectivity index (χ1) is 8.13. The molecule has 0 saturated carbocycles. The van der Waals surface area contributed by atoms with E-state index >= 15 is 0 Å². The lowest BCUT2D eigenvalue weighted by Crippen LogP contribution is -2.48. The Morgan fingerprint density at radius 3 is 2.12 bits per heavy atom. The van der Waals surface area contributed by atoms with Gasteiger partial charge in [-0.2, -0.15) is 0 Å². The lowest BCUT2D eigenvalue weighted by atomic mass is 9.99. The van der Waals surface area contributed by atoms with Crippen molar-refractivity contribution < 1.29 is 23.7 Å². The van der Waals surface area contributed by atoms with E-state index in [2.05, 4.69) is 6.92 Å². The zero-order valence-electron chi connectivity index (χ0n) is 11.4. The van der Waals surface area contributed by atoms with E-state index in [-0.39, 0.29) is 18.1 Å². The number of epoxide rings is 1. The van der Waals surface area contributed by atoms with E-state index < -0.39 is 5.97 Å². The summed E-state index contributed by atoms with van der Waals surface area (Å²) in [6.45, 7) is 5.49. The topological polar surface area (TPSA) is 49.5 Å². The molecule has 1 aliphatic heterocycles. The molecule has 5 nitrogen and oxygen atoms in total.